The van der Waals surface area contributed by atoms with E-state index < -0.39 is 48.1 Å². The van der Waals surface area contributed by atoms with Gasteiger partial charge in [0, 0.05) is 6.92 Å². The number of hydrogen-bond donors (Lipinski definition) is 4. The van der Waals surface area contributed by atoms with Crippen molar-refractivity contribution in [1.29, 1.82) is 0 Å². The highest BCUT2D eigenvalue weighted by Crippen LogP contribution is 2.21. The number of H-pyrrole nitrogens is 1. The lowest BCUT2D eigenvalue weighted by Gasteiger charge is -2.28. The van der Waals surface area contributed by atoms with Crippen molar-refractivity contribution in [2.24, 2.45) is 0 Å². The molecule has 1 aromatic carbocycles. The fraction of sp³-hybridized carbons (Fsp3) is 0.375. The van der Waals surface area contributed by atoms with Crippen LogP contribution in [-0.2, 0) is 25.7 Å². The van der Waals surface area contributed by atoms with Crippen LogP contribution in [0.1, 0.15) is 39.4 Å². The maximum Gasteiger partial charge on any atom is 0.413 e. The maximum absolute atomic E-state index is 12.6. The van der Waals surface area contributed by atoms with Crippen LogP contribution in [0.25, 0.3) is 11.2 Å². The molecule has 0 saturated carbocycles. The Morgan fingerprint density at radius 1 is 1.15 bits per heavy atom. The number of alkyl carbamates (subject to hydrolysis) is 1. The quantitative estimate of drug-likeness (QED) is 0.309. The van der Waals surface area contributed by atoms with Gasteiger partial charge in [0.2, 0.25) is 5.91 Å². The molecule has 2 heterocycles. The number of imidazole rings is 1. The minimum Gasteiger partial charge on any atom is -0.480 e. The molecular weight excluding hydrogens is 514 g/mol. The van der Waals surface area contributed by atoms with Crippen molar-refractivity contribution in [2.75, 3.05) is 18.4 Å². The third-order valence-corrected chi connectivity index (χ3v) is 5.07. The van der Waals surface area contributed by atoms with Crippen LogP contribution in [0.4, 0.5) is 15.4 Å². The van der Waals surface area contributed by atoms with E-state index in [0.717, 1.165) is 10.5 Å². The normalized spacial score (nSPS) is 11.9. The number of rotatable bonds is 9. The summed E-state index contributed by atoms with van der Waals surface area (Å²) in [5, 5.41) is 14.2. The summed E-state index contributed by atoms with van der Waals surface area (Å²) in [6, 6.07) is 8.94. The number of aliphatic carboxylic acids is 1. The summed E-state index contributed by atoms with van der Waals surface area (Å²) in [5.41, 5.74) is -1.00. The molecule has 1 unspecified atom stereocenters. The second-order valence-corrected chi connectivity index (χ2v) is 9.38. The molecule has 2 aromatic heterocycles. The summed E-state index contributed by atoms with van der Waals surface area (Å²) in [7, 11) is 0. The first-order valence-corrected chi connectivity index (χ1v) is 11.7. The Morgan fingerprint density at radius 2 is 1.85 bits per heavy atom. The lowest BCUT2D eigenvalue weighted by molar-refractivity contribution is -0.144. The zero-order valence-corrected chi connectivity index (χ0v) is 21.8. The minimum absolute atomic E-state index is 0.0219. The molecule has 0 aliphatic heterocycles. The van der Waals surface area contributed by atoms with Crippen LogP contribution in [0.3, 0.4) is 0 Å². The second-order valence-electron chi connectivity index (χ2n) is 9.38. The molecule has 3 rings (SSSR count). The minimum atomic E-state index is -1.27. The van der Waals surface area contributed by atoms with Gasteiger partial charge in [-0.1, -0.05) is 30.3 Å². The first kappa shape index (κ1) is 28.6. The van der Waals surface area contributed by atoms with Gasteiger partial charge in [-0.15, -0.1) is 0 Å². The number of carbonyl (C=O) groups excluding carboxylic acids is 3. The first-order valence-electron chi connectivity index (χ1n) is 11.7. The third-order valence-electron chi connectivity index (χ3n) is 5.07. The van der Waals surface area contributed by atoms with Crippen molar-refractivity contribution in [2.45, 2.75) is 46.1 Å². The highest BCUT2D eigenvalue weighted by atomic mass is 16.6. The number of aromatic nitrogens is 4. The summed E-state index contributed by atoms with van der Waals surface area (Å²) in [4.78, 5) is 72.2. The summed E-state index contributed by atoms with van der Waals surface area (Å²) in [6.07, 6.45) is -1.68. The van der Waals surface area contributed by atoms with Crippen molar-refractivity contribution in [3.63, 3.8) is 0 Å². The number of nitrogens with zero attached hydrogens (tertiary/aromatic N) is 4. The van der Waals surface area contributed by atoms with E-state index in [1.54, 1.807) is 45.0 Å². The molecule has 39 heavy (non-hydrogen) atoms. The van der Waals surface area contributed by atoms with Gasteiger partial charge in [-0.05, 0) is 26.3 Å². The van der Waals surface area contributed by atoms with E-state index in [1.807, 2.05) is 6.07 Å². The Kier molecular flexibility index (Phi) is 8.85. The van der Waals surface area contributed by atoms with E-state index >= 15 is 0 Å². The smallest absolute Gasteiger partial charge is 0.413 e. The van der Waals surface area contributed by atoms with Crippen LogP contribution in [0, 0.1) is 0 Å². The van der Waals surface area contributed by atoms with Gasteiger partial charge in [-0.3, -0.25) is 29.8 Å². The molecule has 3 amide bonds. The number of hydrogen-bond acceptors (Lipinski definition) is 9. The third kappa shape index (κ3) is 8.28. The number of fused-ring (bicyclic) bond motifs is 1. The van der Waals surface area contributed by atoms with Crippen LogP contribution in [-0.4, -0.2) is 72.3 Å². The maximum atomic E-state index is 12.6. The highest BCUT2D eigenvalue weighted by molar-refractivity contribution is 5.93. The van der Waals surface area contributed by atoms with Gasteiger partial charge in [0.15, 0.2) is 5.65 Å². The van der Waals surface area contributed by atoms with Gasteiger partial charge in [0.25, 0.3) is 0 Å². The van der Waals surface area contributed by atoms with Crippen molar-refractivity contribution in [3.8, 4) is 0 Å². The van der Waals surface area contributed by atoms with Gasteiger partial charge < -0.3 is 19.5 Å². The lowest BCUT2D eigenvalue weighted by atomic mass is 10.2. The predicted molar refractivity (Wildman–Crippen MR) is 137 cm³/mol. The van der Waals surface area contributed by atoms with Crippen molar-refractivity contribution in [1.82, 2.24) is 29.7 Å². The molecule has 208 valence electrons. The Labute approximate surface area is 222 Å². The zero-order valence-electron chi connectivity index (χ0n) is 21.8. The van der Waals surface area contributed by atoms with E-state index in [2.05, 4.69) is 25.6 Å². The van der Waals surface area contributed by atoms with Gasteiger partial charge in [0.05, 0.1) is 12.9 Å². The fourth-order valence-corrected chi connectivity index (χ4v) is 3.43. The number of ether oxygens (including phenoxy) is 2. The van der Waals surface area contributed by atoms with E-state index in [1.165, 1.54) is 17.8 Å². The zero-order chi connectivity index (χ0) is 28.7. The molecule has 0 aliphatic carbocycles. The number of anilines is 1. The number of carbonyl (C=O) groups is 4. The van der Waals surface area contributed by atoms with E-state index in [4.69, 9.17) is 9.47 Å². The van der Waals surface area contributed by atoms with Gasteiger partial charge in [-0.25, -0.2) is 19.4 Å². The standard InChI is InChI=1S/C24H29N7O8/c1-14(32)30(11-17(33)34)10-16(26-23(37)39-24(2,3)4)31-13-25-18-19(27-21(35)29-20(18)31)28-22(36)38-12-15-8-6-5-7-9-15/h5-9,13,16H,10-12H2,1-4H3,(H,26,37)(H,33,34)(H2,27,28,29,35,36). The molecule has 0 radical (unpaired) electrons. The Balaban J connectivity index is 1.93. The largest absolute Gasteiger partial charge is 0.480 e. The monoisotopic (exact) mass is 543 g/mol. The molecule has 0 saturated heterocycles. The number of carboxylic acid groups (broad SMARTS) is 1. The number of benzene rings is 1. The van der Waals surface area contributed by atoms with E-state index in [-0.39, 0.29) is 30.1 Å². The molecule has 15 nitrogen and oxygen atoms in total. The average molecular weight is 544 g/mol. The molecule has 0 spiro atoms. The second kappa shape index (κ2) is 12.1. The Hall–Kier alpha value is -4.95. The predicted octanol–water partition coefficient (Wildman–Crippen LogP) is 1.82. The van der Waals surface area contributed by atoms with Crippen LogP contribution in [0.5, 0.6) is 0 Å². The van der Waals surface area contributed by atoms with Crippen molar-refractivity contribution < 1.29 is 33.8 Å². The van der Waals surface area contributed by atoms with E-state index in [9.17, 15) is 29.1 Å². The van der Waals surface area contributed by atoms with Crippen LogP contribution >= 0.6 is 0 Å². The van der Waals surface area contributed by atoms with Crippen LogP contribution in [0.15, 0.2) is 41.5 Å². The highest BCUT2D eigenvalue weighted by Gasteiger charge is 2.27. The molecule has 0 aliphatic rings. The Morgan fingerprint density at radius 3 is 2.46 bits per heavy atom. The Bertz CT molecular complexity index is 1410. The molecule has 3 aromatic rings. The molecule has 0 bridgehead atoms. The van der Waals surface area contributed by atoms with Gasteiger partial charge in [-0.2, -0.15) is 4.98 Å². The number of amides is 3. The van der Waals surface area contributed by atoms with Crippen molar-refractivity contribution in [3.05, 3.63) is 52.7 Å². The van der Waals surface area contributed by atoms with Crippen LogP contribution < -0.4 is 16.3 Å². The van der Waals surface area contributed by atoms with E-state index in [0.29, 0.717) is 0 Å². The fourth-order valence-electron chi connectivity index (χ4n) is 3.43. The average Bonchev–Trinajstić information content (AvgIpc) is 3.25. The number of nitrogens with one attached hydrogen (secondary N) is 3. The first-order chi connectivity index (χ1) is 18.3. The molecule has 0 fully saturated rings. The molecular formula is C24H29N7O8. The van der Waals surface area contributed by atoms with Crippen molar-refractivity contribution >= 4 is 41.0 Å². The summed E-state index contributed by atoms with van der Waals surface area (Å²) < 4.78 is 11.7. The summed E-state index contributed by atoms with van der Waals surface area (Å²) in [6.45, 7) is 5.12. The SMILES string of the molecule is CC(=O)N(CC(=O)O)CC(NC(=O)OC(C)(C)C)n1cnc2c(NC(=O)OCc3ccccc3)[nH]c(=O)nc21. The van der Waals surface area contributed by atoms with Crippen LogP contribution in [0.2, 0.25) is 0 Å². The number of aromatic amines is 1. The van der Waals surface area contributed by atoms with Gasteiger partial charge in [0.1, 0.15) is 36.3 Å². The summed E-state index contributed by atoms with van der Waals surface area (Å²) >= 11 is 0. The molecule has 15 heteroatoms. The molecule has 1 atom stereocenters. The number of carboxylic acids is 1. The van der Waals surface area contributed by atoms with Gasteiger partial charge >= 0.3 is 23.8 Å². The lowest BCUT2D eigenvalue weighted by Crippen LogP contribution is -2.45. The topological polar surface area (TPSA) is 198 Å². The summed E-state index contributed by atoms with van der Waals surface area (Å²) in [5.74, 6) is -1.97. The molecule has 4 N–H and O–H groups in total.